The number of nitrogens with zero attached hydrogens (tertiary/aromatic N) is 1. The van der Waals surface area contributed by atoms with Gasteiger partial charge in [-0.1, -0.05) is 6.07 Å². The minimum absolute atomic E-state index is 0. The second-order valence-corrected chi connectivity index (χ2v) is 4.48. The van der Waals surface area contributed by atoms with Gasteiger partial charge in [-0.15, -0.1) is 0 Å². The monoisotopic (exact) mass is 221 g/mol. The van der Waals surface area contributed by atoms with Gasteiger partial charge in [0.15, 0.2) is 0 Å². The first-order valence-corrected chi connectivity index (χ1v) is 5.83. The molecule has 1 aliphatic rings. The molecule has 1 aromatic carbocycles. The van der Waals surface area contributed by atoms with Crippen LogP contribution in [0.5, 0.6) is 0 Å². The summed E-state index contributed by atoms with van der Waals surface area (Å²) in [6.07, 6.45) is 3.91. The zero-order valence-electron chi connectivity index (χ0n) is 10.2. The Balaban J connectivity index is 0.00000128. The highest BCUT2D eigenvalue weighted by Crippen LogP contribution is 2.15. The molecule has 0 spiro atoms. The van der Waals surface area contributed by atoms with Crippen molar-refractivity contribution < 1.29 is 0 Å². The first kappa shape index (κ1) is 13.0. The van der Waals surface area contributed by atoms with E-state index in [2.05, 4.69) is 24.0 Å². The van der Waals surface area contributed by atoms with Gasteiger partial charge in [0.2, 0.25) is 0 Å². The van der Waals surface area contributed by atoms with Crippen molar-refractivity contribution in [1.82, 2.24) is 11.1 Å². The lowest BCUT2D eigenvalue weighted by Gasteiger charge is -2.15. The van der Waals surface area contributed by atoms with Crippen LogP contribution in [-0.4, -0.2) is 24.5 Å². The number of nitrogen functional groups attached to an aromatic ring is 1. The maximum atomic E-state index is 5.74. The van der Waals surface area contributed by atoms with Gasteiger partial charge < -0.3 is 16.8 Å². The van der Waals surface area contributed by atoms with E-state index in [4.69, 9.17) is 5.73 Å². The van der Waals surface area contributed by atoms with Crippen LogP contribution in [-0.2, 0) is 6.42 Å². The number of hydrogen-bond acceptors (Lipinski definition) is 3. The molecular weight excluding hydrogens is 198 g/mol. The van der Waals surface area contributed by atoms with Crippen LogP contribution in [0.15, 0.2) is 18.2 Å². The molecule has 0 saturated carbocycles. The smallest absolute Gasteiger partial charge is 0.0316 e. The Morgan fingerprint density at radius 3 is 2.56 bits per heavy atom. The van der Waals surface area contributed by atoms with Crippen molar-refractivity contribution in [2.75, 3.05) is 25.4 Å². The highest BCUT2D eigenvalue weighted by Gasteiger charge is 2.11. The van der Waals surface area contributed by atoms with Gasteiger partial charge in [-0.25, -0.2) is 0 Å². The van der Waals surface area contributed by atoms with E-state index in [9.17, 15) is 0 Å². The summed E-state index contributed by atoms with van der Waals surface area (Å²) in [6.45, 7) is 5.92. The highest BCUT2D eigenvalue weighted by molar-refractivity contribution is 5.44. The number of aryl methyl sites for hydroxylation is 1. The van der Waals surface area contributed by atoms with Crippen molar-refractivity contribution in [2.24, 2.45) is 0 Å². The number of benzene rings is 1. The van der Waals surface area contributed by atoms with E-state index in [1.165, 1.54) is 43.6 Å². The molecule has 1 aromatic rings. The van der Waals surface area contributed by atoms with Gasteiger partial charge in [-0.05, 0) is 62.5 Å². The Hall–Kier alpha value is -1.06. The average Bonchev–Trinajstić information content (AvgIpc) is 2.69. The van der Waals surface area contributed by atoms with Crippen molar-refractivity contribution in [2.45, 2.75) is 26.2 Å². The first-order chi connectivity index (χ1) is 7.25. The topological polar surface area (TPSA) is 64.3 Å². The molecule has 0 aliphatic carbocycles. The molecule has 0 bridgehead atoms. The van der Waals surface area contributed by atoms with E-state index >= 15 is 0 Å². The van der Waals surface area contributed by atoms with Crippen LogP contribution in [0.25, 0.3) is 0 Å². The minimum Gasteiger partial charge on any atom is -0.399 e. The first-order valence-electron chi connectivity index (χ1n) is 5.83. The molecule has 0 atom stereocenters. The number of likely N-dealkylation sites (tertiary alicyclic amines) is 1. The molecular formula is C13H23N3. The molecule has 0 radical (unpaired) electrons. The van der Waals surface area contributed by atoms with Gasteiger partial charge in [0.1, 0.15) is 0 Å². The molecule has 1 aliphatic heterocycles. The van der Waals surface area contributed by atoms with Crippen LogP contribution in [0.2, 0.25) is 0 Å². The molecule has 5 N–H and O–H groups in total. The third-order valence-electron chi connectivity index (χ3n) is 3.26. The molecule has 3 nitrogen and oxygen atoms in total. The standard InChI is InChI=1S/C13H20N2.H3N/c1-11-10-13(14)5-4-12(11)6-9-15-7-2-3-8-15;/h4-5,10H,2-3,6-9,14H2,1H3;1H3. The number of hydrogen-bond donors (Lipinski definition) is 2. The second-order valence-electron chi connectivity index (χ2n) is 4.48. The lowest BCUT2D eigenvalue weighted by atomic mass is 10.0. The molecule has 90 valence electrons. The van der Waals surface area contributed by atoms with Gasteiger partial charge in [0.25, 0.3) is 0 Å². The molecule has 3 heteroatoms. The summed E-state index contributed by atoms with van der Waals surface area (Å²) in [7, 11) is 0. The van der Waals surface area contributed by atoms with Gasteiger partial charge in [0.05, 0.1) is 0 Å². The van der Waals surface area contributed by atoms with Gasteiger partial charge in [0, 0.05) is 12.2 Å². The van der Waals surface area contributed by atoms with E-state index in [0.29, 0.717) is 0 Å². The number of rotatable bonds is 3. The Kier molecular flexibility index (Phi) is 4.77. The Labute approximate surface area is 98.2 Å². The van der Waals surface area contributed by atoms with E-state index in [1.807, 2.05) is 6.07 Å². The molecule has 2 rings (SSSR count). The largest absolute Gasteiger partial charge is 0.399 e. The van der Waals surface area contributed by atoms with E-state index in [0.717, 1.165) is 12.1 Å². The summed E-state index contributed by atoms with van der Waals surface area (Å²) < 4.78 is 0. The summed E-state index contributed by atoms with van der Waals surface area (Å²) in [5.41, 5.74) is 9.38. The molecule has 0 unspecified atom stereocenters. The zero-order chi connectivity index (χ0) is 10.7. The summed E-state index contributed by atoms with van der Waals surface area (Å²) in [4.78, 5) is 2.55. The Morgan fingerprint density at radius 2 is 1.94 bits per heavy atom. The predicted octanol–water partition coefficient (Wildman–Crippen LogP) is 2.38. The van der Waals surface area contributed by atoms with E-state index in [-0.39, 0.29) is 6.15 Å². The minimum atomic E-state index is 0. The zero-order valence-corrected chi connectivity index (χ0v) is 10.2. The molecule has 1 heterocycles. The van der Waals surface area contributed by atoms with E-state index < -0.39 is 0 Å². The fraction of sp³-hybridized carbons (Fsp3) is 0.538. The normalized spacial score (nSPS) is 16.1. The summed E-state index contributed by atoms with van der Waals surface area (Å²) in [5, 5.41) is 0. The van der Waals surface area contributed by atoms with Gasteiger partial charge in [-0.2, -0.15) is 0 Å². The number of anilines is 1. The third-order valence-corrected chi connectivity index (χ3v) is 3.26. The maximum absolute atomic E-state index is 5.74. The summed E-state index contributed by atoms with van der Waals surface area (Å²) >= 11 is 0. The summed E-state index contributed by atoms with van der Waals surface area (Å²) in [6, 6.07) is 6.24. The lowest BCUT2D eigenvalue weighted by Crippen LogP contribution is -2.22. The summed E-state index contributed by atoms with van der Waals surface area (Å²) in [5.74, 6) is 0. The van der Waals surface area contributed by atoms with Crippen molar-refractivity contribution in [3.8, 4) is 0 Å². The van der Waals surface area contributed by atoms with Crippen molar-refractivity contribution in [1.29, 1.82) is 0 Å². The highest BCUT2D eigenvalue weighted by atomic mass is 15.1. The Bertz CT molecular complexity index is 330. The van der Waals surface area contributed by atoms with Crippen LogP contribution < -0.4 is 11.9 Å². The maximum Gasteiger partial charge on any atom is 0.0316 e. The molecule has 1 saturated heterocycles. The second kappa shape index (κ2) is 5.87. The molecule has 16 heavy (non-hydrogen) atoms. The van der Waals surface area contributed by atoms with Gasteiger partial charge in [-0.3, -0.25) is 0 Å². The number of nitrogens with two attached hydrogens (primary N) is 1. The average molecular weight is 221 g/mol. The van der Waals surface area contributed by atoms with E-state index in [1.54, 1.807) is 0 Å². The van der Waals surface area contributed by atoms with Crippen molar-refractivity contribution in [3.05, 3.63) is 29.3 Å². The van der Waals surface area contributed by atoms with Crippen LogP contribution in [0.1, 0.15) is 24.0 Å². The lowest BCUT2D eigenvalue weighted by molar-refractivity contribution is 0.343. The van der Waals surface area contributed by atoms with Crippen molar-refractivity contribution in [3.63, 3.8) is 0 Å². The SMILES string of the molecule is Cc1cc(N)ccc1CCN1CCCC1.N. The van der Waals surface area contributed by atoms with Crippen molar-refractivity contribution >= 4 is 5.69 Å². The fourth-order valence-electron chi connectivity index (χ4n) is 2.28. The molecule has 0 aromatic heterocycles. The predicted molar refractivity (Wildman–Crippen MR) is 70.0 cm³/mol. The van der Waals surface area contributed by atoms with Gasteiger partial charge >= 0.3 is 0 Å². The molecule has 0 amide bonds. The third kappa shape index (κ3) is 3.22. The van der Waals surface area contributed by atoms with Crippen LogP contribution in [0.3, 0.4) is 0 Å². The van der Waals surface area contributed by atoms with Crippen LogP contribution in [0, 0.1) is 6.92 Å². The van der Waals surface area contributed by atoms with Crippen LogP contribution in [0.4, 0.5) is 5.69 Å². The fourth-order valence-corrected chi connectivity index (χ4v) is 2.28. The quantitative estimate of drug-likeness (QED) is 0.770. The molecule has 1 fully saturated rings. The van der Waals surface area contributed by atoms with Crippen LogP contribution >= 0.6 is 0 Å². The Morgan fingerprint density at radius 1 is 1.25 bits per heavy atom.